The predicted octanol–water partition coefficient (Wildman–Crippen LogP) is 2.95. The topological polar surface area (TPSA) is 29.5 Å². The molecule has 0 saturated carbocycles. The molecule has 2 rings (SSSR count). The maximum atomic E-state index is 12.5. The Bertz CT molecular complexity index is 493. The second kappa shape index (κ2) is 6.03. The molecule has 1 amide bonds. The minimum Gasteiger partial charge on any atom is -0.492 e. The van der Waals surface area contributed by atoms with Gasteiger partial charge in [-0.1, -0.05) is 34.1 Å². The number of hydrogen-bond donors (Lipinski definition) is 0. The van der Waals surface area contributed by atoms with Crippen molar-refractivity contribution in [2.45, 2.75) is 12.1 Å². The standard InChI is InChI=1S/C13H13BrF3NO2/c14-5-6-18(8-13(15,16)17)12(19)10-7-20-11-4-2-1-3-9(10)11/h1-4,10H,5-8H2. The molecule has 20 heavy (non-hydrogen) atoms. The van der Waals surface area contributed by atoms with Crippen LogP contribution in [0.15, 0.2) is 24.3 Å². The van der Waals surface area contributed by atoms with Crippen molar-refractivity contribution in [1.82, 2.24) is 4.90 Å². The molecule has 1 aliphatic heterocycles. The second-order valence-electron chi connectivity index (χ2n) is 4.47. The molecule has 1 heterocycles. The van der Waals surface area contributed by atoms with Crippen molar-refractivity contribution in [1.29, 1.82) is 0 Å². The fraction of sp³-hybridized carbons (Fsp3) is 0.462. The number of fused-ring (bicyclic) bond motifs is 1. The van der Waals surface area contributed by atoms with Crippen LogP contribution >= 0.6 is 15.9 Å². The lowest BCUT2D eigenvalue weighted by Gasteiger charge is -2.25. The lowest BCUT2D eigenvalue weighted by Crippen LogP contribution is -2.42. The van der Waals surface area contributed by atoms with Crippen LogP contribution in [0.3, 0.4) is 0 Å². The van der Waals surface area contributed by atoms with Gasteiger partial charge in [0.1, 0.15) is 24.8 Å². The average Bonchev–Trinajstić information content (AvgIpc) is 2.79. The highest BCUT2D eigenvalue weighted by Crippen LogP contribution is 2.35. The highest BCUT2D eigenvalue weighted by molar-refractivity contribution is 9.09. The molecule has 0 fully saturated rings. The van der Waals surface area contributed by atoms with E-state index in [2.05, 4.69) is 15.9 Å². The summed E-state index contributed by atoms with van der Waals surface area (Å²) in [7, 11) is 0. The summed E-state index contributed by atoms with van der Waals surface area (Å²) in [4.78, 5) is 13.1. The van der Waals surface area contributed by atoms with E-state index in [9.17, 15) is 18.0 Å². The lowest BCUT2D eigenvalue weighted by molar-refractivity contribution is -0.161. The summed E-state index contributed by atoms with van der Waals surface area (Å²) in [6.07, 6.45) is -4.41. The van der Waals surface area contributed by atoms with E-state index in [1.54, 1.807) is 24.3 Å². The third-order valence-corrected chi connectivity index (χ3v) is 3.39. The molecule has 0 aliphatic carbocycles. The van der Waals surface area contributed by atoms with Gasteiger partial charge in [-0.15, -0.1) is 0 Å². The molecule has 1 aromatic rings. The summed E-state index contributed by atoms with van der Waals surface area (Å²) < 4.78 is 42.9. The summed E-state index contributed by atoms with van der Waals surface area (Å²) in [6, 6.07) is 6.93. The summed E-state index contributed by atoms with van der Waals surface area (Å²) >= 11 is 3.07. The number of halogens is 4. The molecule has 0 bridgehead atoms. The van der Waals surface area contributed by atoms with Gasteiger partial charge in [-0.2, -0.15) is 13.2 Å². The molecule has 1 aromatic carbocycles. The van der Waals surface area contributed by atoms with Crippen LogP contribution in [-0.2, 0) is 4.79 Å². The minimum atomic E-state index is -4.41. The molecular weight excluding hydrogens is 339 g/mol. The molecule has 110 valence electrons. The zero-order valence-corrected chi connectivity index (χ0v) is 12.1. The number of para-hydroxylation sites is 1. The van der Waals surface area contributed by atoms with E-state index in [-0.39, 0.29) is 13.2 Å². The van der Waals surface area contributed by atoms with Crippen molar-refractivity contribution >= 4 is 21.8 Å². The average molecular weight is 352 g/mol. The van der Waals surface area contributed by atoms with Crippen molar-refractivity contribution < 1.29 is 22.7 Å². The van der Waals surface area contributed by atoms with Crippen LogP contribution in [0, 0.1) is 0 Å². The highest BCUT2D eigenvalue weighted by atomic mass is 79.9. The Balaban J connectivity index is 2.17. The Morgan fingerprint density at radius 3 is 2.75 bits per heavy atom. The lowest BCUT2D eigenvalue weighted by atomic mass is 10.00. The van der Waals surface area contributed by atoms with E-state index in [1.807, 2.05) is 0 Å². The summed E-state index contributed by atoms with van der Waals surface area (Å²) in [5.41, 5.74) is 0.652. The first kappa shape index (κ1) is 15.2. The van der Waals surface area contributed by atoms with Gasteiger partial charge in [0, 0.05) is 17.4 Å². The molecular formula is C13H13BrF3NO2. The van der Waals surface area contributed by atoms with Gasteiger partial charge < -0.3 is 9.64 Å². The van der Waals surface area contributed by atoms with Gasteiger partial charge in [-0.25, -0.2) is 0 Å². The first-order chi connectivity index (χ1) is 9.42. The first-order valence-electron chi connectivity index (χ1n) is 6.05. The number of ether oxygens (including phenoxy) is 1. The number of hydrogen-bond acceptors (Lipinski definition) is 2. The zero-order chi connectivity index (χ0) is 14.8. The van der Waals surface area contributed by atoms with Crippen molar-refractivity contribution in [3.8, 4) is 5.75 Å². The van der Waals surface area contributed by atoms with Gasteiger partial charge in [0.15, 0.2) is 0 Å². The van der Waals surface area contributed by atoms with E-state index in [0.29, 0.717) is 16.6 Å². The van der Waals surface area contributed by atoms with Crippen LogP contribution in [0.1, 0.15) is 11.5 Å². The third kappa shape index (κ3) is 3.45. The molecule has 1 atom stereocenters. The van der Waals surface area contributed by atoms with Gasteiger partial charge in [0.25, 0.3) is 0 Å². The van der Waals surface area contributed by atoms with Crippen molar-refractivity contribution in [3.63, 3.8) is 0 Å². The number of benzene rings is 1. The Labute approximate surface area is 122 Å². The number of carbonyl (C=O) groups is 1. The quantitative estimate of drug-likeness (QED) is 0.780. The van der Waals surface area contributed by atoms with Gasteiger partial charge >= 0.3 is 6.18 Å². The monoisotopic (exact) mass is 351 g/mol. The first-order valence-corrected chi connectivity index (χ1v) is 7.18. The summed E-state index contributed by atoms with van der Waals surface area (Å²) in [5.74, 6) is -0.643. The second-order valence-corrected chi connectivity index (χ2v) is 5.26. The van der Waals surface area contributed by atoms with Crippen LogP contribution in [-0.4, -0.2) is 42.0 Å². The van der Waals surface area contributed by atoms with Crippen molar-refractivity contribution in [2.24, 2.45) is 0 Å². The van der Waals surface area contributed by atoms with Crippen LogP contribution in [0.5, 0.6) is 5.75 Å². The van der Waals surface area contributed by atoms with E-state index in [0.717, 1.165) is 4.90 Å². The van der Waals surface area contributed by atoms with Crippen LogP contribution in [0.2, 0.25) is 0 Å². The smallest absolute Gasteiger partial charge is 0.406 e. The van der Waals surface area contributed by atoms with Crippen LogP contribution in [0.25, 0.3) is 0 Å². The molecule has 1 aliphatic rings. The maximum absolute atomic E-state index is 12.5. The largest absolute Gasteiger partial charge is 0.492 e. The molecule has 0 N–H and O–H groups in total. The predicted molar refractivity (Wildman–Crippen MR) is 71.1 cm³/mol. The normalized spacial score (nSPS) is 17.5. The minimum absolute atomic E-state index is 0.0109. The number of alkyl halides is 4. The molecule has 0 spiro atoms. The summed E-state index contributed by atoms with van der Waals surface area (Å²) in [6.45, 7) is -1.14. The fourth-order valence-corrected chi connectivity index (χ4v) is 2.60. The van der Waals surface area contributed by atoms with Crippen LogP contribution in [0.4, 0.5) is 13.2 Å². The van der Waals surface area contributed by atoms with Crippen molar-refractivity contribution in [2.75, 3.05) is 25.0 Å². The van der Waals surface area contributed by atoms with E-state index in [4.69, 9.17) is 4.74 Å². The molecule has 1 unspecified atom stereocenters. The zero-order valence-electron chi connectivity index (χ0n) is 10.5. The van der Waals surface area contributed by atoms with E-state index >= 15 is 0 Å². The van der Waals surface area contributed by atoms with Gasteiger partial charge in [-0.3, -0.25) is 4.79 Å². The number of nitrogens with zero attached hydrogens (tertiary/aromatic N) is 1. The van der Waals surface area contributed by atoms with Crippen LogP contribution < -0.4 is 4.74 Å². The number of carbonyl (C=O) groups excluding carboxylic acids is 1. The molecule has 7 heteroatoms. The Morgan fingerprint density at radius 2 is 2.10 bits per heavy atom. The van der Waals surface area contributed by atoms with Gasteiger partial charge in [-0.05, 0) is 6.07 Å². The molecule has 0 aromatic heterocycles. The SMILES string of the molecule is O=C(C1COc2ccccc21)N(CCBr)CC(F)(F)F. The number of rotatable bonds is 4. The third-order valence-electron chi connectivity index (χ3n) is 3.03. The van der Waals surface area contributed by atoms with Crippen molar-refractivity contribution in [3.05, 3.63) is 29.8 Å². The molecule has 0 radical (unpaired) electrons. The maximum Gasteiger partial charge on any atom is 0.406 e. The van der Waals surface area contributed by atoms with E-state index < -0.39 is 24.5 Å². The Hall–Kier alpha value is -1.24. The Kier molecular flexibility index (Phi) is 4.57. The van der Waals surface area contributed by atoms with E-state index in [1.165, 1.54) is 0 Å². The molecule has 0 saturated heterocycles. The molecule has 3 nitrogen and oxygen atoms in total. The fourth-order valence-electron chi connectivity index (χ4n) is 2.17. The van der Waals surface area contributed by atoms with Gasteiger partial charge in [0.2, 0.25) is 5.91 Å². The van der Waals surface area contributed by atoms with Gasteiger partial charge in [0.05, 0.1) is 0 Å². The highest BCUT2D eigenvalue weighted by Gasteiger charge is 2.38. The summed E-state index contributed by atoms with van der Waals surface area (Å²) in [5, 5.41) is 0.296. The number of amides is 1. The Morgan fingerprint density at radius 1 is 1.40 bits per heavy atom.